The average molecular weight is 444 g/mol. The van der Waals surface area contributed by atoms with Crippen molar-refractivity contribution >= 4 is 5.97 Å². The van der Waals surface area contributed by atoms with Gasteiger partial charge in [0.1, 0.15) is 5.82 Å². The number of ether oxygens (including phenoxy) is 1. The van der Waals surface area contributed by atoms with Gasteiger partial charge in [0.15, 0.2) is 0 Å². The molecule has 2 N–H and O–H groups in total. The van der Waals surface area contributed by atoms with E-state index in [4.69, 9.17) is 14.6 Å². The van der Waals surface area contributed by atoms with E-state index < -0.39 is 12.1 Å². The number of nitrogens with one attached hydrogen (secondary N) is 1. The number of aromatic nitrogens is 1. The van der Waals surface area contributed by atoms with Crippen LogP contribution in [0.2, 0.25) is 0 Å². The summed E-state index contributed by atoms with van der Waals surface area (Å²) in [4.78, 5) is 21.0. The number of hydrogen-bond acceptors (Lipinski definition) is 4. The van der Waals surface area contributed by atoms with Crippen molar-refractivity contribution in [2.75, 3.05) is 13.7 Å². The Kier molecular flexibility index (Phi) is 8.76. The number of pyridine rings is 1. The number of aliphatic carboxylic acids is 1. The lowest BCUT2D eigenvalue weighted by molar-refractivity contribution is -0.192. The van der Waals surface area contributed by atoms with Gasteiger partial charge in [-0.05, 0) is 42.5 Å². The number of fused-ring (bicyclic) bond motifs is 1. The summed E-state index contributed by atoms with van der Waals surface area (Å²) in [5, 5.41) is 10.7. The number of methoxy groups -OCH3 is 1. The summed E-state index contributed by atoms with van der Waals surface area (Å²) in [6, 6.07) is 10.6. The number of nitrogens with zero attached hydrogens (tertiary/aromatic N) is 1. The summed E-state index contributed by atoms with van der Waals surface area (Å²) in [5.74, 6) is -2.97. The Balaban J connectivity index is 0.000000423. The number of benzene rings is 1. The number of rotatable bonds is 6. The van der Waals surface area contributed by atoms with E-state index >= 15 is 0 Å². The van der Waals surface area contributed by atoms with Crippen molar-refractivity contribution < 1.29 is 32.2 Å². The molecule has 170 valence electrons. The van der Waals surface area contributed by atoms with Crippen LogP contribution in [-0.4, -0.2) is 41.6 Å². The Labute approximate surface area is 176 Å². The van der Waals surface area contributed by atoms with Gasteiger partial charge >= 0.3 is 12.1 Å². The van der Waals surface area contributed by atoms with Crippen LogP contribution in [0.15, 0.2) is 41.2 Å². The number of carboxylic acid groups (broad SMARTS) is 1. The minimum atomic E-state index is -5.08. The molecular formula is C21H24F4N2O4. The highest BCUT2D eigenvalue weighted by Gasteiger charge is 2.38. The molecule has 31 heavy (non-hydrogen) atoms. The molecule has 0 radical (unpaired) electrons. The van der Waals surface area contributed by atoms with Gasteiger partial charge in [0.05, 0.1) is 6.61 Å². The Morgan fingerprint density at radius 1 is 1.23 bits per heavy atom. The molecule has 1 unspecified atom stereocenters. The summed E-state index contributed by atoms with van der Waals surface area (Å²) < 4.78 is 51.6. The van der Waals surface area contributed by atoms with E-state index in [2.05, 4.69) is 5.32 Å². The lowest BCUT2D eigenvalue weighted by Gasteiger charge is -2.28. The molecule has 0 aliphatic heterocycles. The van der Waals surface area contributed by atoms with Gasteiger partial charge in [-0.3, -0.25) is 4.79 Å². The summed E-state index contributed by atoms with van der Waals surface area (Å²) in [5.41, 5.74) is 3.49. The minimum absolute atomic E-state index is 0.0449. The smallest absolute Gasteiger partial charge is 0.475 e. The zero-order chi connectivity index (χ0) is 23.0. The molecular weight excluding hydrogens is 420 g/mol. The maximum atomic E-state index is 12.9. The van der Waals surface area contributed by atoms with Crippen molar-refractivity contribution in [1.82, 2.24) is 9.88 Å². The van der Waals surface area contributed by atoms with Crippen LogP contribution in [0.5, 0.6) is 0 Å². The van der Waals surface area contributed by atoms with Gasteiger partial charge in [-0.2, -0.15) is 13.2 Å². The normalized spacial score (nSPS) is 15.6. The van der Waals surface area contributed by atoms with Crippen LogP contribution in [0.3, 0.4) is 0 Å². The molecule has 0 saturated heterocycles. The van der Waals surface area contributed by atoms with Crippen LogP contribution in [-0.2, 0) is 35.5 Å². The number of carbonyl (C=O) groups is 1. The summed E-state index contributed by atoms with van der Waals surface area (Å²) in [7, 11) is 1.65. The van der Waals surface area contributed by atoms with E-state index in [1.165, 1.54) is 17.7 Å². The third-order valence-corrected chi connectivity index (χ3v) is 4.86. The van der Waals surface area contributed by atoms with Crippen molar-refractivity contribution in [3.8, 4) is 0 Å². The maximum Gasteiger partial charge on any atom is 0.490 e. The van der Waals surface area contributed by atoms with E-state index in [9.17, 15) is 22.4 Å². The molecule has 10 heteroatoms. The van der Waals surface area contributed by atoms with Crippen LogP contribution in [0.1, 0.15) is 23.2 Å². The van der Waals surface area contributed by atoms with Gasteiger partial charge in [-0.1, -0.05) is 18.2 Å². The molecule has 0 fully saturated rings. The van der Waals surface area contributed by atoms with Crippen LogP contribution in [0.25, 0.3) is 0 Å². The fourth-order valence-electron chi connectivity index (χ4n) is 3.29. The van der Waals surface area contributed by atoms with Gasteiger partial charge < -0.3 is 19.7 Å². The van der Waals surface area contributed by atoms with Gasteiger partial charge in [0.25, 0.3) is 5.56 Å². The van der Waals surface area contributed by atoms with Crippen molar-refractivity contribution in [3.63, 3.8) is 0 Å². The quantitative estimate of drug-likeness (QED) is 0.670. The van der Waals surface area contributed by atoms with Gasteiger partial charge in [-0.25, -0.2) is 9.18 Å². The van der Waals surface area contributed by atoms with Crippen molar-refractivity contribution in [3.05, 3.63) is 69.4 Å². The first-order valence-corrected chi connectivity index (χ1v) is 9.60. The molecule has 3 rings (SSSR count). The number of alkyl halides is 3. The Bertz CT molecular complexity index is 926. The molecule has 1 aromatic heterocycles. The first-order valence-electron chi connectivity index (χ1n) is 9.60. The molecule has 0 spiro atoms. The van der Waals surface area contributed by atoms with E-state index in [0.29, 0.717) is 19.2 Å². The van der Waals surface area contributed by atoms with Crippen LogP contribution in [0.4, 0.5) is 17.6 Å². The lowest BCUT2D eigenvalue weighted by Crippen LogP contribution is -2.37. The van der Waals surface area contributed by atoms with E-state index in [1.807, 2.05) is 22.8 Å². The zero-order valence-corrected chi connectivity index (χ0v) is 16.9. The van der Waals surface area contributed by atoms with Crippen LogP contribution >= 0.6 is 0 Å². The maximum absolute atomic E-state index is 12.9. The second-order valence-electron chi connectivity index (χ2n) is 7.04. The highest BCUT2D eigenvalue weighted by Crippen LogP contribution is 2.20. The van der Waals surface area contributed by atoms with Gasteiger partial charge in [0.2, 0.25) is 0 Å². The predicted molar refractivity (Wildman–Crippen MR) is 105 cm³/mol. The Morgan fingerprint density at radius 2 is 1.87 bits per heavy atom. The van der Waals surface area contributed by atoms with Crippen molar-refractivity contribution in [2.45, 2.75) is 44.6 Å². The molecule has 2 aromatic rings. The first kappa shape index (κ1) is 24.5. The number of halogens is 4. The average Bonchev–Trinajstić information content (AvgIpc) is 2.72. The SMILES string of the molecule is COCCn1c2c(ccc1=O)CC(NCc1ccc(F)cc1)CC2.O=C(O)C(F)(F)F. The third-order valence-electron chi connectivity index (χ3n) is 4.86. The third kappa shape index (κ3) is 7.48. The highest BCUT2D eigenvalue weighted by atomic mass is 19.4. The topological polar surface area (TPSA) is 80.6 Å². The summed E-state index contributed by atoms with van der Waals surface area (Å²) in [6.07, 6.45) is -2.30. The predicted octanol–water partition coefficient (Wildman–Crippen LogP) is 2.91. The molecule has 0 amide bonds. The fourth-order valence-corrected chi connectivity index (χ4v) is 3.29. The van der Waals surface area contributed by atoms with Crippen LogP contribution in [0, 0.1) is 5.82 Å². The standard InChI is InChI=1S/C19H23FN2O2.C2HF3O2/c1-24-11-10-22-18-8-7-17(12-15(18)4-9-19(22)23)21-13-14-2-5-16(20)6-3-14;3-2(4,5)1(6)7/h2-6,9,17,21H,7-8,10-13H2,1H3;(H,6,7). The van der Waals surface area contributed by atoms with Gasteiger partial charge in [-0.15, -0.1) is 0 Å². The zero-order valence-electron chi connectivity index (χ0n) is 16.9. The molecule has 1 atom stereocenters. The first-order chi connectivity index (χ1) is 14.6. The molecule has 1 aliphatic rings. The second kappa shape index (κ2) is 11.1. The summed E-state index contributed by atoms with van der Waals surface area (Å²) in [6.45, 7) is 1.87. The molecule has 1 aromatic carbocycles. The molecule has 6 nitrogen and oxygen atoms in total. The fraction of sp³-hybridized carbons (Fsp3) is 0.429. The monoisotopic (exact) mass is 444 g/mol. The molecule has 1 heterocycles. The van der Waals surface area contributed by atoms with E-state index in [-0.39, 0.29) is 11.4 Å². The van der Waals surface area contributed by atoms with Crippen LogP contribution < -0.4 is 10.9 Å². The highest BCUT2D eigenvalue weighted by molar-refractivity contribution is 5.73. The number of hydrogen-bond donors (Lipinski definition) is 2. The Hall–Kier alpha value is -2.72. The largest absolute Gasteiger partial charge is 0.490 e. The molecule has 1 aliphatic carbocycles. The number of carboxylic acids is 1. The molecule has 0 bridgehead atoms. The second-order valence-corrected chi connectivity index (χ2v) is 7.04. The minimum Gasteiger partial charge on any atom is -0.475 e. The van der Waals surface area contributed by atoms with Gasteiger partial charge in [0, 0.05) is 38.0 Å². The van der Waals surface area contributed by atoms with Crippen molar-refractivity contribution in [1.29, 1.82) is 0 Å². The van der Waals surface area contributed by atoms with E-state index in [1.54, 1.807) is 13.2 Å². The Morgan fingerprint density at radius 3 is 2.45 bits per heavy atom. The van der Waals surface area contributed by atoms with Crippen molar-refractivity contribution in [2.24, 2.45) is 0 Å². The molecule has 0 saturated carbocycles. The van der Waals surface area contributed by atoms with E-state index in [0.717, 1.165) is 37.1 Å². The lowest BCUT2D eigenvalue weighted by atomic mass is 9.91. The summed E-state index contributed by atoms with van der Waals surface area (Å²) >= 11 is 0.